The first-order valence-corrected chi connectivity index (χ1v) is 11.9. The molecule has 4 aliphatic rings. The van der Waals surface area contributed by atoms with Crippen LogP contribution in [-0.2, 0) is 19.1 Å². The van der Waals surface area contributed by atoms with Crippen LogP contribution in [0.1, 0.15) is 40.0 Å². The van der Waals surface area contributed by atoms with E-state index in [4.69, 9.17) is 4.74 Å². The van der Waals surface area contributed by atoms with Gasteiger partial charge in [0, 0.05) is 32.7 Å². The Hall–Kier alpha value is -2.19. The largest absolute Gasteiger partial charge is 0.395 e. The zero-order valence-electron chi connectivity index (χ0n) is 19.3. The van der Waals surface area contributed by atoms with Crippen molar-refractivity contribution in [1.82, 2.24) is 14.7 Å². The summed E-state index contributed by atoms with van der Waals surface area (Å²) in [7, 11) is 0. The second-order valence-corrected chi connectivity index (χ2v) is 9.48. The molecule has 32 heavy (non-hydrogen) atoms. The summed E-state index contributed by atoms with van der Waals surface area (Å²) in [4.78, 5) is 46.2. The summed E-state index contributed by atoms with van der Waals surface area (Å²) < 4.78 is 6.68. The zero-order valence-corrected chi connectivity index (χ0v) is 19.3. The van der Waals surface area contributed by atoms with Gasteiger partial charge in [-0.1, -0.05) is 44.6 Å². The number of unbranched alkanes of at least 4 members (excludes halogenated alkanes) is 1. The van der Waals surface area contributed by atoms with Crippen molar-refractivity contribution < 1.29 is 24.2 Å². The normalized spacial score (nSPS) is 36.3. The van der Waals surface area contributed by atoms with Crippen molar-refractivity contribution in [3.63, 3.8) is 0 Å². The van der Waals surface area contributed by atoms with Crippen LogP contribution in [0.5, 0.6) is 0 Å². The highest BCUT2D eigenvalue weighted by molar-refractivity contribution is 6.00. The van der Waals surface area contributed by atoms with Crippen LogP contribution in [0, 0.1) is 11.8 Å². The second kappa shape index (κ2) is 8.63. The lowest BCUT2D eigenvalue weighted by molar-refractivity contribution is -0.153. The van der Waals surface area contributed by atoms with Gasteiger partial charge < -0.3 is 24.5 Å². The number of ether oxygens (including phenoxy) is 1. The summed E-state index contributed by atoms with van der Waals surface area (Å²) in [6, 6.07) is -0.882. The third-order valence-corrected chi connectivity index (χ3v) is 7.34. The molecular weight excluding hydrogens is 410 g/mol. The first kappa shape index (κ1) is 23.0. The molecule has 3 amide bonds. The SMILES string of the molecule is CCCCN1CC=C[C@]23O[C@@]4(C)C=CCN(CCC)C(=O)[C@H]4[C@H]2C(=O)N(CCO)C3C1=O. The fourth-order valence-electron chi connectivity index (χ4n) is 5.99. The lowest BCUT2D eigenvalue weighted by atomic mass is 9.74. The fraction of sp³-hybridized carbons (Fsp3) is 0.708. The number of β-amino-alcohol motifs (C(OH)–C–C–N with tert-alkyl or cyclic N) is 1. The predicted octanol–water partition coefficient (Wildman–Crippen LogP) is 0.957. The van der Waals surface area contributed by atoms with E-state index >= 15 is 0 Å². The Morgan fingerprint density at radius 3 is 2.28 bits per heavy atom. The van der Waals surface area contributed by atoms with Gasteiger partial charge >= 0.3 is 0 Å². The van der Waals surface area contributed by atoms with Crippen molar-refractivity contribution in [3.8, 4) is 0 Å². The molecule has 2 saturated heterocycles. The predicted molar refractivity (Wildman–Crippen MR) is 118 cm³/mol. The zero-order chi connectivity index (χ0) is 23.1. The molecule has 8 nitrogen and oxygen atoms in total. The molecule has 1 N–H and O–H groups in total. The average molecular weight is 446 g/mol. The van der Waals surface area contributed by atoms with Crippen molar-refractivity contribution in [2.45, 2.75) is 57.3 Å². The minimum absolute atomic E-state index is 0.0401. The van der Waals surface area contributed by atoms with Gasteiger partial charge in [-0.05, 0) is 19.8 Å². The van der Waals surface area contributed by atoms with Gasteiger partial charge in [0.15, 0.2) is 0 Å². The van der Waals surface area contributed by atoms with E-state index in [0.717, 1.165) is 19.3 Å². The maximum absolute atomic E-state index is 13.8. The van der Waals surface area contributed by atoms with Crippen LogP contribution < -0.4 is 0 Å². The number of aliphatic hydroxyl groups excluding tert-OH is 1. The Bertz CT molecular complexity index is 841. The number of hydrogen-bond acceptors (Lipinski definition) is 5. The van der Waals surface area contributed by atoms with Crippen molar-refractivity contribution in [1.29, 1.82) is 0 Å². The van der Waals surface area contributed by atoms with Crippen molar-refractivity contribution >= 4 is 17.7 Å². The quantitative estimate of drug-likeness (QED) is 0.590. The van der Waals surface area contributed by atoms with Gasteiger partial charge in [0.1, 0.15) is 11.6 Å². The van der Waals surface area contributed by atoms with Crippen LogP contribution >= 0.6 is 0 Å². The molecule has 0 bridgehead atoms. The van der Waals surface area contributed by atoms with E-state index in [-0.39, 0.29) is 30.9 Å². The number of carbonyl (C=O) groups is 3. The van der Waals surface area contributed by atoms with Gasteiger partial charge in [0.25, 0.3) is 0 Å². The maximum atomic E-state index is 13.8. The third-order valence-electron chi connectivity index (χ3n) is 7.34. The van der Waals surface area contributed by atoms with Gasteiger partial charge in [0.2, 0.25) is 17.7 Å². The van der Waals surface area contributed by atoms with Gasteiger partial charge in [0.05, 0.1) is 24.0 Å². The molecule has 0 saturated carbocycles. The fourth-order valence-corrected chi connectivity index (χ4v) is 5.99. The lowest BCUT2D eigenvalue weighted by Gasteiger charge is -2.37. The standard InChI is InChI=1S/C24H35N3O5/c1-4-6-12-26-14-8-10-24-18(21(30)27(15-16-28)19(24)22(26)31)17-20(29)25(11-5-2)13-7-9-23(17,3)32-24/h7-10,17-19,28H,4-6,11-16H2,1-3H3/t17-,18+,19?,23+,24+/m1/s1. The molecule has 4 rings (SSSR count). The first-order valence-electron chi connectivity index (χ1n) is 11.9. The number of carbonyl (C=O) groups excluding carboxylic acids is 3. The Labute approximate surface area is 189 Å². The minimum atomic E-state index is -1.22. The number of rotatable bonds is 7. The molecule has 1 unspecified atom stereocenters. The molecular formula is C24H35N3O5. The summed E-state index contributed by atoms with van der Waals surface area (Å²) in [6.07, 6.45) is 10.2. The molecule has 0 aromatic heterocycles. The number of amides is 3. The van der Waals surface area contributed by atoms with Crippen LogP contribution in [0.3, 0.4) is 0 Å². The average Bonchev–Trinajstić information content (AvgIpc) is 3.02. The molecule has 4 heterocycles. The van der Waals surface area contributed by atoms with Gasteiger partial charge in [-0.25, -0.2) is 0 Å². The second-order valence-electron chi connectivity index (χ2n) is 9.48. The van der Waals surface area contributed by atoms with Crippen LogP contribution in [-0.4, -0.2) is 94.1 Å². The smallest absolute Gasteiger partial charge is 0.249 e. The van der Waals surface area contributed by atoms with Crippen molar-refractivity contribution in [2.24, 2.45) is 11.8 Å². The summed E-state index contributed by atoms with van der Waals surface area (Å²) in [5, 5.41) is 9.69. The Balaban J connectivity index is 1.81. The topological polar surface area (TPSA) is 90.4 Å². The molecule has 0 aromatic carbocycles. The lowest BCUT2D eigenvalue weighted by Crippen LogP contribution is -2.56. The van der Waals surface area contributed by atoms with Gasteiger partial charge in [-0.2, -0.15) is 0 Å². The Morgan fingerprint density at radius 1 is 0.938 bits per heavy atom. The molecule has 0 radical (unpaired) electrons. The number of hydrogen-bond donors (Lipinski definition) is 1. The van der Waals surface area contributed by atoms with E-state index < -0.39 is 29.1 Å². The third kappa shape index (κ3) is 3.30. The highest BCUT2D eigenvalue weighted by atomic mass is 16.5. The van der Waals surface area contributed by atoms with E-state index in [2.05, 4.69) is 6.92 Å². The van der Waals surface area contributed by atoms with Crippen LogP contribution in [0.4, 0.5) is 0 Å². The first-order chi connectivity index (χ1) is 15.3. The van der Waals surface area contributed by atoms with E-state index in [1.807, 2.05) is 38.2 Å². The molecule has 2 fully saturated rings. The molecule has 1 spiro atoms. The van der Waals surface area contributed by atoms with Crippen LogP contribution in [0.15, 0.2) is 24.3 Å². The Kier molecular flexibility index (Phi) is 6.20. The molecule has 4 aliphatic heterocycles. The molecule has 0 aromatic rings. The molecule has 8 heteroatoms. The number of fused-ring (bicyclic) bond motifs is 2. The highest BCUT2D eigenvalue weighted by Crippen LogP contribution is 2.57. The highest BCUT2D eigenvalue weighted by Gasteiger charge is 2.74. The number of likely N-dealkylation sites (tertiary alicyclic amines) is 1. The monoisotopic (exact) mass is 445 g/mol. The summed E-state index contributed by atoms with van der Waals surface area (Å²) in [5.74, 6) is -2.08. The van der Waals surface area contributed by atoms with Gasteiger partial charge in [-0.15, -0.1) is 0 Å². The summed E-state index contributed by atoms with van der Waals surface area (Å²) in [5.41, 5.74) is -2.20. The molecule has 176 valence electrons. The number of nitrogens with zero attached hydrogens (tertiary/aromatic N) is 3. The Morgan fingerprint density at radius 2 is 1.62 bits per heavy atom. The maximum Gasteiger partial charge on any atom is 0.249 e. The summed E-state index contributed by atoms with van der Waals surface area (Å²) >= 11 is 0. The van der Waals surface area contributed by atoms with E-state index in [0.29, 0.717) is 26.2 Å². The minimum Gasteiger partial charge on any atom is -0.395 e. The van der Waals surface area contributed by atoms with E-state index in [9.17, 15) is 19.5 Å². The van der Waals surface area contributed by atoms with Crippen LogP contribution in [0.2, 0.25) is 0 Å². The van der Waals surface area contributed by atoms with Gasteiger partial charge in [-0.3, -0.25) is 14.4 Å². The number of aliphatic hydroxyl groups is 1. The molecule has 5 atom stereocenters. The van der Waals surface area contributed by atoms with Crippen LogP contribution in [0.25, 0.3) is 0 Å². The van der Waals surface area contributed by atoms with E-state index in [1.165, 1.54) is 4.90 Å². The summed E-state index contributed by atoms with van der Waals surface area (Å²) in [6.45, 7) is 7.86. The van der Waals surface area contributed by atoms with Crippen molar-refractivity contribution in [2.75, 3.05) is 39.3 Å². The van der Waals surface area contributed by atoms with Crippen molar-refractivity contribution in [3.05, 3.63) is 24.3 Å². The molecule has 0 aliphatic carbocycles. The van der Waals surface area contributed by atoms with E-state index in [1.54, 1.807) is 9.80 Å².